The van der Waals surface area contributed by atoms with E-state index in [-0.39, 0.29) is 0 Å². The zero-order valence-electron chi connectivity index (χ0n) is 10.9. The first kappa shape index (κ1) is 14.6. The predicted octanol–water partition coefficient (Wildman–Crippen LogP) is 2.62. The molecule has 0 fully saturated rings. The summed E-state index contributed by atoms with van der Waals surface area (Å²) in [5, 5.41) is 11.4. The Balaban J connectivity index is 2.39. The van der Waals surface area contributed by atoms with Crippen molar-refractivity contribution < 1.29 is 23.5 Å². The largest absolute Gasteiger partial charge is 0.478 e. The smallest absolute Gasteiger partial charge is 0.336 e. The number of carbonyl (C=O) groups excluding carboxylic acids is 1. The quantitative estimate of drug-likeness (QED) is 0.911. The number of aromatic nitrogens is 1. The zero-order chi connectivity index (χ0) is 15.6. The maximum Gasteiger partial charge on any atom is 0.336 e. The second-order valence-electron chi connectivity index (χ2n) is 4.26. The summed E-state index contributed by atoms with van der Waals surface area (Å²) in [6.07, 6.45) is 1.45. The van der Waals surface area contributed by atoms with Crippen LogP contribution in [0.2, 0.25) is 0 Å². The number of hydrogen-bond donors (Lipinski definition) is 2. The fraction of sp³-hybridized carbons (Fsp3) is 0.0714. The third-order valence-corrected chi connectivity index (χ3v) is 2.69. The average Bonchev–Trinajstić information content (AvgIpc) is 2.41. The fourth-order valence-electron chi connectivity index (χ4n) is 1.73. The highest BCUT2D eigenvalue weighted by Crippen LogP contribution is 2.17. The Morgan fingerprint density at radius 2 is 1.76 bits per heavy atom. The van der Waals surface area contributed by atoms with Crippen molar-refractivity contribution in [3.63, 3.8) is 0 Å². The maximum absolute atomic E-state index is 13.2. The molecule has 2 rings (SSSR count). The minimum atomic E-state index is -1.52. The van der Waals surface area contributed by atoms with E-state index in [1.165, 1.54) is 12.3 Å². The van der Waals surface area contributed by atoms with Gasteiger partial charge in [0, 0.05) is 17.6 Å². The Morgan fingerprint density at radius 3 is 2.33 bits per heavy atom. The van der Waals surface area contributed by atoms with E-state index in [0.717, 1.165) is 0 Å². The average molecular weight is 292 g/mol. The van der Waals surface area contributed by atoms with E-state index in [0.29, 0.717) is 23.5 Å². The molecule has 2 N–H and O–H groups in total. The van der Waals surface area contributed by atoms with Gasteiger partial charge >= 0.3 is 5.97 Å². The van der Waals surface area contributed by atoms with Crippen LogP contribution in [0.4, 0.5) is 14.5 Å². The van der Waals surface area contributed by atoms with Crippen LogP contribution in [0, 0.1) is 18.6 Å². The maximum atomic E-state index is 13.2. The van der Waals surface area contributed by atoms with Crippen LogP contribution in [0.15, 0.2) is 30.5 Å². The molecule has 0 unspecified atom stereocenters. The van der Waals surface area contributed by atoms with Gasteiger partial charge in [0.2, 0.25) is 0 Å². The molecule has 21 heavy (non-hydrogen) atoms. The second kappa shape index (κ2) is 5.66. The summed E-state index contributed by atoms with van der Waals surface area (Å²) in [6.45, 7) is 1.70. The first-order chi connectivity index (χ1) is 9.88. The van der Waals surface area contributed by atoms with Crippen molar-refractivity contribution in [1.29, 1.82) is 0 Å². The molecule has 5 nitrogen and oxygen atoms in total. The van der Waals surface area contributed by atoms with Gasteiger partial charge in [-0.05, 0) is 31.2 Å². The molecule has 0 aliphatic carbocycles. The molecular formula is C14H10F2N2O3. The Labute approximate surface area is 118 Å². The van der Waals surface area contributed by atoms with Crippen LogP contribution in [0.5, 0.6) is 0 Å². The van der Waals surface area contributed by atoms with Crippen molar-refractivity contribution in [3.05, 3.63) is 58.9 Å². The van der Waals surface area contributed by atoms with Gasteiger partial charge in [0.25, 0.3) is 5.91 Å². The normalized spacial score (nSPS) is 10.2. The molecule has 7 heteroatoms. The van der Waals surface area contributed by atoms with E-state index in [4.69, 9.17) is 5.11 Å². The molecule has 108 valence electrons. The molecule has 0 radical (unpaired) electrons. The van der Waals surface area contributed by atoms with E-state index in [1.807, 2.05) is 0 Å². The van der Waals surface area contributed by atoms with Gasteiger partial charge in [-0.15, -0.1) is 0 Å². The Morgan fingerprint density at radius 1 is 1.14 bits per heavy atom. The third kappa shape index (κ3) is 3.19. The number of rotatable bonds is 3. The first-order valence-corrected chi connectivity index (χ1v) is 5.85. The number of nitrogens with one attached hydrogen (secondary N) is 1. The summed E-state index contributed by atoms with van der Waals surface area (Å²) in [6, 6.07) is 4.08. The Hall–Kier alpha value is -2.83. The minimum Gasteiger partial charge on any atom is -0.478 e. The lowest BCUT2D eigenvalue weighted by Gasteiger charge is -2.09. The van der Waals surface area contributed by atoms with Crippen LogP contribution >= 0.6 is 0 Å². The summed E-state index contributed by atoms with van der Waals surface area (Å²) in [4.78, 5) is 27.0. The van der Waals surface area contributed by atoms with Gasteiger partial charge < -0.3 is 10.4 Å². The lowest BCUT2D eigenvalue weighted by Crippen LogP contribution is -2.17. The molecule has 1 amide bonds. The van der Waals surface area contributed by atoms with Crippen molar-refractivity contribution in [3.8, 4) is 0 Å². The molecule has 2 aromatic rings. The van der Waals surface area contributed by atoms with E-state index < -0.39 is 34.6 Å². The molecule has 0 bridgehead atoms. The molecular weight excluding hydrogens is 282 g/mol. The molecule has 0 spiro atoms. The van der Waals surface area contributed by atoms with E-state index in [2.05, 4.69) is 10.3 Å². The number of carboxylic acid groups (broad SMARTS) is 1. The molecule has 0 atom stereocenters. The standard InChI is InChI=1S/C14H10F2N2O3/c1-7-4-8(2-3-17-7)18-13(19)9-5-11(15)12(16)6-10(9)14(20)21/h2-6H,1H3,(H,20,21)(H,17,18,19). The zero-order valence-corrected chi connectivity index (χ0v) is 10.9. The molecule has 1 aromatic heterocycles. The number of carboxylic acids is 1. The number of aryl methyl sites for hydroxylation is 1. The first-order valence-electron chi connectivity index (χ1n) is 5.85. The fourth-order valence-corrected chi connectivity index (χ4v) is 1.73. The van der Waals surface area contributed by atoms with Gasteiger partial charge in [-0.25, -0.2) is 13.6 Å². The molecule has 0 saturated carbocycles. The second-order valence-corrected chi connectivity index (χ2v) is 4.26. The van der Waals surface area contributed by atoms with Crippen molar-refractivity contribution in [2.75, 3.05) is 5.32 Å². The molecule has 1 aromatic carbocycles. The van der Waals surface area contributed by atoms with Crippen LogP contribution in [-0.2, 0) is 0 Å². The SMILES string of the molecule is Cc1cc(NC(=O)c2cc(F)c(F)cc2C(=O)O)ccn1. The van der Waals surface area contributed by atoms with E-state index in [1.54, 1.807) is 13.0 Å². The topological polar surface area (TPSA) is 79.3 Å². The minimum absolute atomic E-state index is 0.369. The number of pyridine rings is 1. The lowest BCUT2D eigenvalue weighted by atomic mass is 10.1. The third-order valence-electron chi connectivity index (χ3n) is 2.69. The van der Waals surface area contributed by atoms with Crippen molar-refractivity contribution >= 4 is 17.6 Å². The summed E-state index contributed by atoms with van der Waals surface area (Å²) in [5.74, 6) is -5.00. The van der Waals surface area contributed by atoms with Crippen LogP contribution in [0.25, 0.3) is 0 Å². The van der Waals surface area contributed by atoms with E-state index >= 15 is 0 Å². The summed E-state index contributed by atoms with van der Waals surface area (Å²) < 4.78 is 26.3. The highest BCUT2D eigenvalue weighted by molar-refractivity contribution is 6.10. The van der Waals surface area contributed by atoms with Gasteiger partial charge in [-0.2, -0.15) is 0 Å². The molecule has 0 aliphatic rings. The van der Waals surface area contributed by atoms with Gasteiger partial charge in [0.15, 0.2) is 11.6 Å². The number of anilines is 1. The van der Waals surface area contributed by atoms with Gasteiger partial charge in [0.1, 0.15) is 0 Å². The van der Waals surface area contributed by atoms with Gasteiger partial charge in [-0.3, -0.25) is 9.78 Å². The highest BCUT2D eigenvalue weighted by Gasteiger charge is 2.20. The number of hydrogen-bond acceptors (Lipinski definition) is 3. The van der Waals surface area contributed by atoms with Crippen LogP contribution in [-0.4, -0.2) is 22.0 Å². The molecule has 0 saturated heterocycles. The monoisotopic (exact) mass is 292 g/mol. The van der Waals surface area contributed by atoms with Crippen molar-refractivity contribution in [1.82, 2.24) is 4.98 Å². The Kier molecular flexibility index (Phi) is 3.93. The lowest BCUT2D eigenvalue weighted by molar-refractivity contribution is 0.0691. The van der Waals surface area contributed by atoms with E-state index in [9.17, 15) is 18.4 Å². The van der Waals surface area contributed by atoms with Gasteiger partial charge in [0.05, 0.1) is 11.1 Å². The van der Waals surface area contributed by atoms with Crippen molar-refractivity contribution in [2.24, 2.45) is 0 Å². The summed E-state index contributed by atoms with van der Waals surface area (Å²) in [7, 11) is 0. The number of halogens is 2. The van der Waals surface area contributed by atoms with Crippen LogP contribution in [0.3, 0.4) is 0 Å². The predicted molar refractivity (Wildman–Crippen MR) is 70.2 cm³/mol. The molecule has 1 heterocycles. The Bertz CT molecular complexity index is 732. The van der Waals surface area contributed by atoms with Crippen LogP contribution in [0.1, 0.15) is 26.4 Å². The number of amides is 1. The van der Waals surface area contributed by atoms with Gasteiger partial charge in [-0.1, -0.05) is 0 Å². The highest BCUT2D eigenvalue weighted by atomic mass is 19.2. The number of nitrogens with zero attached hydrogens (tertiary/aromatic N) is 1. The van der Waals surface area contributed by atoms with Crippen molar-refractivity contribution in [2.45, 2.75) is 6.92 Å². The number of carbonyl (C=O) groups is 2. The molecule has 0 aliphatic heterocycles. The summed E-state index contributed by atoms with van der Waals surface area (Å²) >= 11 is 0. The van der Waals surface area contributed by atoms with Crippen LogP contribution < -0.4 is 5.32 Å². The summed E-state index contributed by atoms with van der Waals surface area (Å²) in [5.41, 5.74) is -0.0711. The number of benzene rings is 1. The number of aromatic carboxylic acids is 1.